The molecule has 2 rings (SSSR count). The molecule has 1 aromatic rings. The third-order valence-electron chi connectivity index (χ3n) is 2.91. The van der Waals surface area contributed by atoms with Gasteiger partial charge >= 0.3 is 0 Å². The molecular weight excluding hydrogens is 224 g/mol. The molecule has 0 bridgehead atoms. The minimum atomic E-state index is 0.447. The van der Waals surface area contributed by atoms with Gasteiger partial charge in [0, 0.05) is 25.5 Å². The SMILES string of the molecule is Cc1ccnc(Cl)c1NC1CCCOCC1. The van der Waals surface area contributed by atoms with Gasteiger partial charge in [-0.25, -0.2) is 4.98 Å². The molecule has 1 atom stereocenters. The Kier molecular flexibility index (Phi) is 4.02. The number of hydrogen-bond donors (Lipinski definition) is 1. The van der Waals surface area contributed by atoms with Gasteiger partial charge in [-0.05, 0) is 37.8 Å². The highest BCUT2D eigenvalue weighted by Crippen LogP contribution is 2.25. The quantitative estimate of drug-likeness (QED) is 0.807. The zero-order chi connectivity index (χ0) is 11.4. The van der Waals surface area contributed by atoms with Crippen LogP contribution in [0.25, 0.3) is 0 Å². The molecule has 16 heavy (non-hydrogen) atoms. The minimum absolute atomic E-state index is 0.447. The number of hydrogen-bond acceptors (Lipinski definition) is 3. The summed E-state index contributed by atoms with van der Waals surface area (Å²) in [4.78, 5) is 4.10. The van der Waals surface area contributed by atoms with Crippen molar-refractivity contribution < 1.29 is 4.74 Å². The number of rotatable bonds is 2. The van der Waals surface area contributed by atoms with E-state index in [0.29, 0.717) is 11.2 Å². The lowest BCUT2D eigenvalue weighted by Crippen LogP contribution is -2.20. The van der Waals surface area contributed by atoms with Gasteiger partial charge in [0.15, 0.2) is 5.15 Å². The average molecular weight is 241 g/mol. The fraction of sp³-hybridized carbons (Fsp3) is 0.583. The standard InChI is InChI=1S/C12H17ClN2O/c1-9-4-6-14-12(13)11(9)15-10-3-2-7-16-8-5-10/h4,6,10,15H,2-3,5,7-8H2,1H3. The van der Waals surface area contributed by atoms with Gasteiger partial charge in [-0.1, -0.05) is 11.6 Å². The van der Waals surface area contributed by atoms with Crippen molar-refractivity contribution in [2.24, 2.45) is 0 Å². The topological polar surface area (TPSA) is 34.2 Å². The summed E-state index contributed by atoms with van der Waals surface area (Å²) >= 11 is 6.08. The van der Waals surface area contributed by atoms with E-state index in [4.69, 9.17) is 16.3 Å². The summed E-state index contributed by atoms with van der Waals surface area (Å²) in [6, 6.07) is 2.42. The molecule has 4 heteroatoms. The van der Waals surface area contributed by atoms with Crippen molar-refractivity contribution in [1.29, 1.82) is 0 Å². The van der Waals surface area contributed by atoms with E-state index in [-0.39, 0.29) is 0 Å². The molecular formula is C12H17ClN2O. The largest absolute Gasteiger partial charge is 0.381 e. The molecule has 3 nitrogen and oxygen atoms in total. The van der Waals surface area contributed by atoms with Crippen molar-refractivity contribution in [2.45, 2.75) is 32.2 Å². The lowest BCUT2D eigenvalue weighted by atomic mass is 10.1. The minimum Gasteiger partial charge on any atom is -0.381 e. The maximum Gasteiger partial charge on any atom is 0.152 e. The van der Waals surface area contributed by atoms with Crippen LogP contribution >= 0.6 is 11.6 Å². The second-order valence-electron chi connectivity index (χ2n) is 4.18. The Morgan fingerprint density at radius 1 is 1.44 bits per heavy atom. The Hall–Kier alpha value is -0.800. The van der Waals surface area contributed by atoms with Gasteiger partial charge in [-0.3, -0.25) is 0 Å². The molecule has 0 aromatic carbocycles. The highest BCUT2D eigenvalue weighted by molar-refractivity contribution is 6.32. The van der Waals surface area contributed by atoms with Crippen LogP contribution in [0.5, 0.6) is 0 Å². The van der Waals surface area contributed by atoms with E-state index in [1.807, 2.05) is 13.0 Å². The summed E-state index contributed by atoms with van der Waals surface area (Å²) in [6.07, 6.45) is 5.00. The molecule has 1 aliphatic heterocycles. The van der Waals surface area contributed by atoms with Gasteiger partial charge in [-0.2, -0.15) is 0 Å². The van der Waals surface area contributed by atoms with Crippen molar-refractivity contribution in [3.63, 3.8) is 0 Å². The van der Waals surface area contributed by atoms with Gasteiger partial charge in [0.25, 0.3) is 0 Å². The fourth-order valence-corrected chi connectivity index (χ4v) is 2.21. The molecule has 2 heterocycles. The van der Waals surface area contributed by atoms with Gasteiger partial charge in [0.05, 0.1) is 5.69 Å². The van der Waals surface area contributed by atoms with Crippen LogP contribution in [0.1, 0.15) is 24.8 Å². The Bertz CT molecular complexity index is 329. The Morgan fingerprint density at radius 2 is 2.31 bits per heavy atom. The van der Waals surface area contributed by atoms with Gasteiger partial charge in [-0.15, -0.1) is 0 Å². The zero-order valence-electron chi connectivity index (χ0n) is 9.50. The second-order valence-corrected chi connectivity index (χ2v) is 4.54. The first kappa shape index (κ1) is 11.7. The summed E-state index contributed by atoms with van der Waals surface area (Å²) in [7, 11) is 0. The summed E-state index contributed by atoms with van der Waals surface area (Å²) < 4.78 is 5.43. The number of anilines is 1. The summed E-state index contributed by atoms with van der Waals surface area (Å²) in [5.74, 6) is 0. The van der Waals surface area contributed by atoms with Crippen LogP contribution in [-0.2, 0) is 4.74 Å². The molecule has 1 fully saturated rings. The molecule has 1 aliphatic rings. The van der Waals surface area contributed by atoms with Crippen molar-refractivity contribution >= 4 is 17.3 Å². The molecule has 0 spiro atoms. The molecule has 1 N–H and O–H groups in total. The Labute approximate surface area is 101 Å². The number of aromatic nitrogens is 1. The number of aryl methyl sites for hydroxylation is 1. The first-order chi connectivity index (χ1) is 7.77. The predicted octanol–water partition coefficient (Wildman–Crippen LogP) is 3.02. The van der Waals surface area contributed by atoms with Crippen LogP contribution < -0.4 is 5.32 Å². The van der Waals surface area contributed by atoms with Crippen LogP contribution in [0.15, 0.2) is 12.3 Å². The molecule has 1 aromatic heterocycles. The predicted molar refractivity (Wildman–Crippen MR) is 66.1 cm³/mol. The van der Waals surface area contributed by atoms with E-state index >= 15 is 0 Å². The summed E-state index contributed by atoms with van der Waals surface area (Å²) in [5, 5.41) is 4.04. The van der Waals surface area contributed by atoms with E-state index in [1.54, 1.807) is 6.20 Å². The van der Waals surface area contributed by atoms with Crippen molar-refractivity contribution in [2.75, 3.05) is 18.5 Å². The van der Waals surface area contributed by atoms with Crippen molar-refractivity contribution in [1.82, 2.24) is 4.98 Å². The molecule has 1 unspecified atom stereocenters. The van der Waals surface area contributed by atoms with Crippen LogP contribution in [0, 0.1) is 6.92 Å². The van der Waals surface area contributed by atoms with E-state index in [2.05, 4.69) is 10.3 Å². The summed E-state index contributed by atoms with van der Waals surface area (Å²) in [5.41, 5.74) is 2.11. The molecule has 0 aliphatic carbocycles. The van der Waals surface area contributed by atoms with Gasteiger partial charge in [0.1, 0.15) is 0 Å². The number of nitrogens with zero attached hydrogens (tertiary/aromatic N) is 1. The zero-order valence-corrected chi connectivity index (χ0v) is 10.3. The highest BCUT2D eigenvalue weighted by atomic mass is 35.5. The molecule has 0 amide bonds. The van der Waals surface area contributed by atoms with Crippen LogP contribution in [0.3, 0.4) is 0 Å². The van der Waals surface area contributed by atoms with E-state index < -0.39 is 0 Å². The maximum atomic E-state index is 6.08. The van der Waals surface area contributed by atoms with E-state index in [0.717, 1.165) is 43.7 Å². The number of ether oxygens (including phenoxy) is 1. The smallest absolute Gasteiger partial charge is 0.152 e. The monoisotopic (exact) mass is 240 g/mol. The fourth-order valence-electron chi connectivity index (χ4n) is 1.95. The average Bonchev–Trinajstić information content (AvgIpc) is 2.52. The van der Waals surface area contributed by atoms with Crippen molar-refractivity contribution in [3.05, 3.63) is 23.0 Å². The van der Waals surface area contributed by atoms with E-state index in [1.165, 1.54) is 0 Å². The molecule has 0 radical (unpaired) electrons. The maximum absolute atomic E-state index is 6.08. The third kappa shape index (κ3) is 2.86. The summed E-state index contributed by atoms with van der Waals surface area (Å²) in [6.45, 7) is 3.75. The van der Waals surface area contributed by atoms with Gasteiger partial charge in [0.2, 0.25) is 0 Å². The second kappa shape index (κ2) is 5.51. The number of nitrogens with one attached hydrogen (secondary N) is 1. The lowest BCUT2D eigenvalue weighted by molar-refractivity contribution is 0.144. The lowest BCUT2D eigenvalue weighted by Gasteiger charge is -2.19. The van der Waals surface area contributed by atoms with E-state index in [9.17, 15) is 0 Å². The number of pyridine rings is 1. The Morgan fingerprint density at radius 3 is 3.12 bits per heavy atom. The van der Waals surface area contributed by atoms with Crippen molar-refractivity contribution in [3.8, 4) is 0 Å². The van der Waals surface area contributed by atoms with Crippen LogP contribution in [0.2, 0.25) is 5.15 Å². The third-order valence-corrected chi connectivity index (χ3v) is 3.20. The molecule has 0 saturated carbocycles. The Balaban J connectivity index is 2.07. The molecule has 1 saturated heterocycles. The first-order valence-corrected chi connectivity index (χ1v) is 6.10. The molecule has 88 valence electrons. The van der Waals surface area contributed by atoms with Crippen LogP contribution in [0.4, 0.5) is 5.69 Å². The van der Waals surface area contributed by atoms with Crippen LogP contribution in [-0.4, -0.2) is 24.2 Å². The normalized spacial score (nSPS) is 21.5. The first-order valence-electron chi connectivity index (χ1n) is 5.73. The number of halogens is 1. The van der Waals surface area contributed by atoms with Gasteiger partial charge < -0.3 is 10.1 Å². The highest BCUT2D eigenvalue weighted by Gasteiger charge is 2.14.